The number of hydrogen-bond donors (Lipinski definition) is 1. The van der Waals surface area contributed by atoms with E-state index in [2.05, 4.69) is 0 Å². The Morgan fingerprint density at radius 2 is 1.87 bits per heavy atom. The van der Waals surface area contributed by atoms with E-state index in [4.69, 9.17) is 8.83 Å². The number of Topliss-reactive ketones (excluding diaryl/α,β-unsaturated/α-hetero) is 1. The summed E-state index contributed by atoms with van der Waals surface area (Å²) in [7, 11) is 0. The average molecular weight is 300 g/mol. The standard InChI is InChI=1S/C10H8O4.Ag/c11-9(7-3-1-5-13-7)10(12)8-4-2-6-14-8;/h1-6,9,11H;. The summed E-state index contributed by atoms with van der Waals surface area (Å²) >= 11 is 0. The molecule has 2 rings (SSSR count). The van der Waals surface area contributed by atoms with E-state index in [1.165, 1.54) is 24.7 Å². The minimum absolute atomic E-state index is 0. The van der Waals surface area contributed by atoms with Gasteiger partial charge < -0.3 is 13.9 Å². The molecule has 5 heteroatoms. The SMILES string of the molecule is O=C(c1ccco1)C(O)c1ccco1.[Ag]. The van der Waals surface area contributed by atoms with Crippen LogP contribution in [0.1, 0.15) is 22.4 Å². The second-order valence-corrected chi connectivity index (χ2v) is 2.76. The van der Waals surface area contributed by atoms with Gasteiger partial charge in [0, 0.05) is 22.4 Å². The van der Waals surface area contributed by atoms with Gasteiger partial charge in [-0.05, 0) is 24.3 Å². The van der Waals surface area contributed by atoms with Crippen LogP contribution in [0.2, 0.25) is 0 Å². The Kier molecular flexibility index (Phi) is 4.11. The number of rotatable bonds is 3. The van der Waals surface area contributed by atoms with Crippen molar-refractivity contribution in [3.63, 3.8) is 0 Å². The van der Waals surface area contributed by atoms with Crippen molar-refractivity contribution in [3.8, 4) is 0 Å². The second-order valence-electron chi connectivity index (χ2n) is 2.76. The van der Waals surface area contributed by atoms with Crippen LogP contribution >= 0.6 is 0 Å². The van der Waals surface area contributed by atoms with Crippen LogP contribution in [0.5, 0.6) is 0 Å². The maximum absolute atomic E-state index is 11.5. The Morgan fingerprint density at radius 3 is 2.40 bits per heavy atom. The molecule has 83 valence electrons. The number of carbonyl (C=O) groups excluding carboxylic acids is 1. The van der Waals surface area contributed by atoms with Gasteiger partial charge in [0.15, 0.2) is 11.9 Å². The third kappa shape index (κ3) is 2.49. The Bertz CT molecular complexity index is 405. The van der Waals surface area contributed by atoms with E-state index < -0.39 is 11.9 Å². The molecule has 2 aromatic rings. The molecule has 0 spiro atoms. The number of furan rings is 2. The first-order valence-corrected chi connectivity index (χ1v) is 4.08. The van der Waals surface area contributed by atoms with Crippen molar-refractivity contribution in [1.29, 1.82) is 0 Å². The molecule has 0 amide bonds. The Labute approximate surface area is 101 Å². The molecule has 1 radical (unpaired) electrons. The molecule has 1 unspecified atom stereocenters. The summed E-state index contributed by atoms with van der Waals surface area (Å²) in [5, 5.41) is 9.55. The van der Waals surface area contributed by atoms with Crippen LogP contribution in [0.3, 0.4) is 0 Å². The van der Waals surface area contributed by atoms with Crippen LogP contribution in [0.25, 0.3) is 0 Å². The zero-order valence-electron chi connectivity index (χ0n) is 7.51. The molecule has 0 bridgehead atoms. The van der Waals surface area contributed by atoms with Gasteiger partial charge in [-0.25, -0.2) is 0 Å². The van der Waals surface area contributed by atoms with Gasteiger partial charge in [0.25, 0.3) is 0 Å². The maximum Gasteiger partial charge on any atom is 0.234 e. The molecule has 0 aliphatic carbocycles. The minimum atomic E-state index is -1.30. The first kappa shape index (κ1) is 12.0. The Morgan fingerprint density at radius 1 is 1.20 bits per heavy atom. The Hall–Kier alpha value is -1.07. The number of hydrogen-bond acceptors (Lipinski definition) is 4. The van der Waals surface area contributed by atoms with Crippen molar-refractivity contribution in [2.24, 2.45) is 0 Å². The fourth-order valence-corrected chi connectivity index (χ4v) is 1.13. The first-order chi connectivity index (χ1) is 6.79. The molecular weight excluding hydrogens is 292 g/mol. The Balaban J connectivity index is 0.00000112. The van der Waals surface area contributed by atoms with E-state index in [0.717, 1.165) is 0 Å². The van der Waals surface area contributed by atoms with E-state index in [-0.39, 0.29) is 33.9 Å². The maximum atomic E-state index is 11.5. The molecule has 0 aliphatic heterocycles. The van der Waals surface area contributed by atoms with E-state index in [1.54, 1.807) is 12.1 Å². The summed E-state index contributed by atoms with van der Waals surface area (Å²) in [5.74, 6) is -0.176. The topological polar surface area (TPSA) is 63.6 Å². The van der Waals surface area contributed by atoms with Crippen molar-refractivity contribution in [3.05, 3.63) is 48.3 Å². The molecule has 1 N–H and O–H groups in total. The summed E-state index contributed by atoms with van der Waals surface area (Å²) in [4.78, 5) is 11.5. The first-order valence-electron chi connectivity index (χ1n) is 4.08. The van der Waals surface area contributed by atoms with Gasteiger partial charge in [0.2, 0.25) is 5.78 Å². The summed E-state index contributed by atoms with van der Waals surface area (Å²) in [6.07, 6.45) is 1.48. The third-order valence-electron chi connectivity index (χ3n) is 1.83. The second kappa shape index (κ2) is 5.14. The zero-order chi connectivity index (χ0) is 9.97. The van der Waals surface area contributed by atoms with Crippen molar-refractivity contribution in [1.82, 2.24) is 0 Å². The molecule has 0 fully saturated rings. The zero-order valence-corrected chi connectivity index (χ0v) is 9.00. The van der Waals surface area contributed by atoms with Gasteiger partial charge in [0.1, 0.15) is 5.76 Å². The predicted molar refractivity (Wildman–Crippen MR) is 46.7 cm³/mol. The van der Waals surface area contributed by atoms with Crippen LogP contribution in [-0.2, 0) is 22.4 Å². The molecule has 0 saturated carbocycles. The number of aliphatic hydroxyl groups is 1. The monoisotopic (exact) mass is 299 g/mol. The molecule has 4 nitrogen and oxygen atoms in total. The van der Waals surface area contributed by atoms with Gasteiger partial charge in [-0.2, -0.15) is 0 Å². The molecule has 15 heavy (non-hydrogen) atoms. The number of carbonyl (C=O) groups is 1. The van der Waals surface area contributed by atoms with Crippen molar-refractivity contribution >= 4 is 5.78 Å². The number of ketones is 1. The van der Waals surface area contributed by atoms with E-state index >= 15 is 0 Å². The summed E-state index contributed by atoms with van der Waals surface area (Å²) < 4.78 is 9.77. The molecule has 2 aromatic heterocycles. The molecule has 0 aromatic carbocycles. The molecule has 0 saturated heterocycles. The van der Waals surface area contributed by atoms with E-state index in [9.17, 15) is 9.90 Å². The van der Waals surface area contributed by atoms with Crippen LogP contribution in [0.15, 0.2) is 45.6 Å². The van der Waals surface area contributed by atoms with Crippen LogP contribution in [-0.4, -0.2) is 10.9 Å². The number of aliphatic hydroxyl groups excluding tert-OH is 1. The van der Waals surface area contributed by atoms with Gasteiger partial charge >= 0.3 is 0 Å². The molecular formula is C10H8AgO4. The summed E-state index contributed by atoms with van der Waals surface area (Å²) in [5.41, 5.74) is 0. The quantitative estimate of drug-likeness (QED) is 0.693. The minimum Gasteiger partial charge on any atom is -0.466 e. The van der Waals surface area contributed by atoms with E-state index in [1.807, 2.05) is 0 Å². The van der Waals surface area contributed by atoms with Crippen molar-refractivity contribution < 1.29 is 41.1 Å². The van der Waals surface area contributed by atoms with Gasteiger partial charge in [-0.15, -0.1) is 0 Å². The fraction of sp³-hybridized carbons (Fsp3) is 0.100. The average Bonchev–Trinajstić information content (AvgIpc) is 2.87. The van der Waals surface area contributed by atoms with Crippen LogP contribution < -0.4 is 0 Å². The fourth-order valence-electron chi connectivity index (χ4n) is 1.13. The smallest absolute Gasteiger partial charge is 0.234 e. The van der Waals surface area contributed by atoms with E-state index in [0.29, 0.717) is 0 Å². The summed E-state index contributed by atoms with van der Waals surface area (Å²) in [6, 6.07) is 6.22. The van der Waals surface area contributed by atoms with Crippen LogP contribution in [0, 0.1) is 0 Å². The van der Waals surface area contributed by atoms with Gasteiger partial charge in [-0.1, -0.05) is 0 Å². The van der Waals surface area contributed by atoms with Crippen molar-refractivity contribution in [2.45, 2.75) is 6.10 Å². The molecule has 2 heterocycles. The normalized spacial score (nSPS) is 11.8. The van der Waals surface area contributed by atoms with Gasteiger partial charge in [-0.3, -0.25) is 4.79 Å². The summed E-state index contributed by atoms with van der Waals surface area (Å²) in [6.45, 7) is 0. The van der Waals surface area contributed by atoms with Gasteiger partial charge in [0.05, 0.1) is 12.5 Å². The van der Waals surface area contributed by atoms with Crippen molar-refractivity contribution in [2.75, 3.05) is 0 Å². The third-order valence-corrected chi connectivity index (χ3v) is 1.83. The van der Waals surface area contributed by atoms with Crippen LogP contribution in [0.4, 0.5) is 0 Å². The predicted octanol–water partition coefficient (Wildman–Crippen LogP) is 1.79. The molecule has 0 aliphatic rings. The largest absolute Gasteiger partial charge is 0.466 e. The molecule has 1 atom stereocenters.